The number of nitriles is 1. The molecule has 67 heavy (non-hydrogen) atoms. The lowest BCUT2D eigenvalue weighted by molar-refractivity contribution is 1.17. The van der Waals surface area contributed by atoms with E-state index in [1.807, 2.05) is 84.9 Å². The minimum atomic E-state index is 0.537. The average molecular weight is 856 g/mol. The first-order valence-corrected chi connectivity index (χ1v) is 22.3. The van der Waals surface area contributed by atoms with Crippen LogP contribution in [-0.2, 0) is 0 Å². The van der Waals surface area contributed by atoms with Crippen LogP contribution >= 0.6 is 0 Å². The van der Waals surface area contributed by atoms with Crippen LogP contribution in [0.25, 0.3) is 111 Å². The predicted octanol–water partition coefficient (Wildman–Crippen LogP) is 16.3. The Kier molecular flexibility index (Phi) is 10.4. The van der Waals surface area contributed by atoms with Crippen LogP contribution in [0.5, 0.6) is 0 Å². The maximum atomic E-state index is 10.3. The topological polar surface area (TPSA) is 58.9 Å². The summed E-state index contributed by atoms with van der Waals surface area (Å²) in [6.45, 7) is 12.4. The molecule has 2 aromatic heterocycles. The van der Waals surface area contributed by atoms with E-state index in [1.54, 1.807) is 0 Å². The molecule has 0 amide bonds. The Hall–Kier alpha value is -9.16. The lowest BCUT2D eigenvalue weighted by Gasteiger charge is -2.22. The average Bonchev–Trinajstić information content (AvgIpc) is 3.71. The highest BCUT2D eigenvalue weighted by molar-refractivity contribution is 6.13. The summed E-state index contributed by atoms with van der Waals surface area (Å²) in [5, 5.41) is 12.6. The first-order chi connectivity index (χ1) is 32.9. The fourth-order valence-electron chi connectivity index (χ4n) is 9.42. The number of fused-ring (bicyclic) bond motifs is 3. The number of benzene rings is 9. The smallest absolute Gasteiger partial charge is 0.187 e. The van der Waals surface area contributed by atoms with Gasteiger partial charge in [0.25, 0.3) is 0 Å². The fourth-order valence-corrected chi connectivity index (χ4v) is 9.42. The van der Waals surface area contributed by atoms with E-state index < -0.39 is 0 Å². The van der Waals surface area contributed by atoms with E-state index in [1.165, 1.54) is 22.3 Å². The molecule has 11 rings (SSSR count). The number of hydrogen-bond donors (Lipinski definition) is 0. The Labute approximate surface area is 390 Å². The minimum absolute atomic E-state index is 0.537. The second-order valence-electron chi connectivity index (χ2n) is 16.9. The van der Waals surface area contributed by atoms with Crippen molar-refractivity contribution in [1.82, 2.24) is 14.5 Å². The Morgan fingerprint density at radius 3 is 1.49 bits per heavy atom. The number of rotatable bonds is 8. The fraction of sp³-hybridized carbons (Fsp3) is 0.0323. The van der Waals surface area contributed by atoms with Crippen LogP contribution < -0.4 is 0 Å². The highest BCUT2D eigenvalue weighted by Crippen LogP contribution is 2.46. The van der Waals surface area contributed by atoms with Gasteiger partial charge in [-0.25, -0.2) is 14.8 Å². The van der Waals surface area contributed by atoms with E-state index in [0.29, 0.717) is 17.1 Å². The molecule has 0 aliphatic rings. The van der Waals surface area contributed by atoms with Crippen LogP contribution in [0.15, 0.2) is 212 Å². The van der Waals surface area contributed by atoms with Crippen LogP contribution in [0, 0.1) is 31.8 Å². The van der Waals surface area contributed by atoms with Crippen molar-refractivity contribution in [2.45, 2.75) is 13.8 Å². The summed E-state index contributed by atoms with van der Waals surface area (Å²) in [4.78, 5) is 14.3. The number of aryl methyl sites for hydroxylation is 2. The summed E-state index contributed by atoms with van der Waals surface area (Å²) >= 11 is 0. The van der Waals surface area contributed by atoms with Gasteiger partial charge in [-0.15, -0.1) is 0 Å². The third-order valence-corrected chi connectivity index (χ3v) is 12.7. The van der Waals surface area contributed by atoms with E-state index >= 15 is 0 Å². The largest absolute Gasteiger partial charge is 0.308 e. The van der Waals surface area contributed by atoms with Crippen molar-refractivity contribution >= 4 is 27.5 Å². The zero-order chi connectivity index (χ0) is 45.4. The Morgan fingerprint density at radius 1 is 0.433 bits per heavy atom. The van der Waals surface area contributed by atoms with Crippen LogP contribution in [0.4, 0.5) is 5.69 Å². The molecule has 0 aliphatic carbocycles. The highest BCUT2D eigenvalue weighted by atomic mass is 15.0. The molecule has 0 atom stereocenters. The molecule has 0 aliphatic heterocycles. The highest BCUT2D eigenvalue weighted by Gasteiger charge is 2.24. The molecule has 9 aromatic carbocycles. The lowest BCUT2D eigenvalue weighted by atomic mass is 9.90. The molecule has 0 radical (unpaired) electrons. The van der Waals surface area contributed by atoms with Crippen molar-refractivity contribution in [2.24, 2.45) is 0 Å². The molecule has 11 aromatic rings. The summed E-state index contributed by atoms with van der Waals surface area (Å²) < 4.78 is 2.39. The van der Waals surface area contributed by atoms with Gasteiger partial charge in [-0.1, -0.05) is 152 Å². The first-order valence-electron chi connectivity index (χ1n) is 22.3. The van der Waals surface area contributed by atoms with Gasteiger partial charge in [-0.05, 0) is 119 Å². The maximum absolute atomic E-state index is 10.3. The van der Waals surface area contributed by atoms with Crippen molar-refractivity contribution in [3.63, 3.8) is 0 Å². The van der Waals surface area contributed by atoms with Crippen LogP contribution in [0.2, 0.25) is 0 Å². The summed E-state index contributed by atoms with van der Waals surface area (Å²) in [5.74, 6) is 0.613. The van der Waals surface area contributed by atoms with Gasteiger partial charge < -0.3 is 4.57 Å². The molecule has 0 unspecified atom stereocenters. The quantitative estimate of drug-likeness (QED) is 0.143. The Bertz CT molecular complexity index is 3550. The molecule has 0 N–H and O–H groups in total. The van der Waals surface area contributed by atoms with Gasteiger partial charge >= 0.3 is 0 Å². The second-order valence-corrected chi connectivity index (χ2v) is 16.9. The van der Waals surface area contributed by atoms with Crippen LogP contribution in [0.3, 0.4) is 0 Å². The molecular formula is C62H41N5. The van der Waals surface area contributed by atoms with Crippen molar-refractivity contribution in [1.29, 1.82) is 5.26 Å². The standard InChI is InChI=1S/C62H41N5/c1-40-16-10-12-26-51(40)47-28-30-59-55(34-47)56-35-48(52-27-13-11-17-41(52)2)29-31-60(56)67(59)61-53(45-23-14-18-42(32-45)39-63)36-49(37-54(61)46-24-15-25-50(33-46)64-3)58-38-57(43-19-6-4-7-20-43)65-62(66-58)44-21-8-5-9-22-44/h4-38H,1-2H3. The molecule has 0 spiro atoms. The zero-order valence-electron chi connectivity index (χ0n) is 36.9. The Balaban J connectivity index is 1.28. The third kappa shape index (κ3) is 7.51. The monoisotopic (exact) mass is 855 g/mol. The summed E-state index contributed by atoms with van der Waals surface area (Å²) in [6, 6.07) is 75.5. The van der Waals surface area contributed by atoms with Gasteiger partial charge in [0.05, 0.1) is 46.3 Å². The van der Waals surface area contributed by atoms with Gasteiger partial charge in [0.15, 0.2) is 11.5 Å². The normalized spacial score (nSPS) is 11.1. The summed E-state index contributed by atoms with van der Waals surface area (Å²) in [5.41, 5.74) is 19.0. The van der Waals surface area contributed by atoms with Crippen LogP contribution in [-0.4, -0.2) is 14.5 Å². The van der Waals surface area contributed by atoms with Gasteiger partial charge in [-0.3, -0.25) is 0 Å². The van der Waals surface area contributed by atoms with Crippen molar-refractivity contribution in [3.05, 3.63) is 240 Å². The van der Waals surface area contributed by atoms with Crippen LogP contribution in [0.1, 0.15) is 16.7 Å². The number of hydrogen-bond acceptors (Lipinski definition) is 3. The van der Waals surface area contributed by atoms with Gasteiger partial charge in [0, 0.05) is 38.6 Å². The molecular weight excluding hydrogens is 815 g/mol. The molecule has 0 saturated carbocycles. The summed E-state index contributed by atoms with van der Waals surface area (Å²) in [6.07, 6.45) is 0. The first kappa shape index (κ1) is 40.6. The predicted molar refractivity (Wildman–Crippen MR) is 275 cm³/mol. The van der Waals surface area contributed by atoms with Gasteiger partial charge in [-0.2, -0.15) is 5.26 Å². The molecule has 2 heterocycles. The second kappa shape index (κ2) is 17.1. The van der Waals surface area contributed by atoms with E-state index in [-0.39, 0.29) is 0 Å². The van der Waals surface area contributed by atoms with Gasteiger partial charge in [0.2, 0.25) is 0 Å². The molecule has 314 valence electrons. The molecule has 0 bridgehead atoms. The number of aromatic nitrogens is 3. The molecule has 0 saturated heterocycles. The van der Waals surface area contributed by atoms with Gasteiger partial charge in [0.1, 0.15) is 0 Å². The molecule has 5 nitrogen and oxygen atoms in total. The lowest BCUT2D eigenvalue weighted by Crippen LogP contribution is -2.03. The molecule has 5 heteroatoms. The van der Waals surface area contributed by atoms with E-state index in [9.17, 15) is 5.26 Å². The van der Waals surface area contributed by atoms with Crippen molar-refractivity contribution < 1.29 is 0 Å². The van der Waals surface area contributed by atoms with Crippen molar-refractivity contribution in [3.8, 4) is 90.2 Å². The van der Waals surface area contributed by atoms with E-state index in [4.69, 9.17) is 16.5 Å². The third-order valence-electron chi connectivity index (χ3n) is 12.7. The van der Waals surface area contributed by atoms with E-state index in [2.05, 4.69) is 157 Å². The number of nitrogens with zero attached hydrogens (tertiary/aromatic N) is 5. The maximum Gasteiger partial charge on any atom is 0.187 e. The molecule has 0 fully saturated rings. The SMILES string of the molecule is [C-]#[N+]c1cccc(-c2cc(-c3cc(-c4ccccc4)nc(-c4ccccc4)n3)cc(-c3cccc(C#N)c3)c2-n2c3ccc(-c4ccccc4C)cc3c3cc(-c4ccccc4C)ccc32)c1. The van der Waals surface area contributed by atoms with E-state index in [0.717, 1.165) is 89.0 Å². The zero-order valence-corrected chi connectivity index (χ0v) is 36.9. The Morgan fingerprint density at radius 2 is 0.925 bits per heavy atom. The summed E-state index contributed by atoms with van der Waals surface area (Å²) in [7, 11) is 0. The van der Waals surface area contributed by atoms with Crippen molar-refractivity contribution in [2.75, 3.05) is 0 Å². The minimum Gasteiger partial charge on any atom is -0.308 e.